The van der Waals surface area contributed by atoms with E-state index in [1.165, 1.54) is 5.56 Å². The molecule has 0 fully saturated rings. The van der Waals surface area contributed by atoms with E-state index in [1.807, 2.05) is 18.3 Å². The van der Waals surface area contributed by atoms with Gasteiger partial charge in [0.25, 0.3) is 0 Å². The lowest BCUT2D eigenvalue weighted by atomic mass is 9.88. The zero-order valence-electron chi connectivity index (χ0n) is 12.0. The molecule has 0 bridgehead atoms. The first-order valence-electron chi connectivity index (χ1n) is 6.55. The van der Waals surface area contributed by atoms with Crippen LogP contribution in [0.25, 0.3) is 10.9 Å². The number of nitrogens with two attached hydrogens (primary N) is 1. The number of aromatic amines is 1. The molecule has 1 atom stereocenters. The largest absolute Gasteiger partial charge is 0.497 e. The molecule has 1 unspecified atom stereocenters. The summed E-state index contributed by atoms with van der Waals surface area (Å²) in [4.78, 5) is 3.29. The van der Waals surface area contributed by atoms with Gasteiger partial charge in [0.05, 0.1) is 19.7 Å². The van der Waals surface area contributed by atoms with Crippen LogP contribution in [0.1, 0.15) is 25.3 Å². The molecule has 104 valence electrons. The Bertz CT molecular complexity index is 561. The van der Waals surface area contributed by atoms with E-state index < -0.39 is 0 Å². The third-order valence-electron chi connectivity index (χ3n) is 3.66. The van der Waals surface area contributed by atoms with Gasteiger partial charge in [0.2, 0.25) is 0 Å². The number of hydrogen-bond acceptors (Lipinski definition) is 3. The van der Waals surface area contributed by atoms with Crippen LogP contribution in [0.15, 0.2) is 18.3 Å². The van der Waals surface area contributed by atoms with Crippen molar-refractivity contribution in [3.8, 4) is 11.5 Å². The second kappa shape index (κ2) is 5.53. The molecule has 0 amide bonds. The second-order valence-corrected chi connectivity index (χ2v) is 5.08. The van der Waals surface area contributed by atoms with Crippen molar-refractivity contribution in [3.63, 3.8) is 0 Å². The fraction of sp³-hybridized carbons (Fsp3) is 0.467. The summed E-state index contributed by atoms with van der Waals surface area (Å²) in [5, 5.41) is 1.10. The first-order valence-corrected chi connectivity index (χ1v) is 6.55. The highest BCUT2D eigenvalue weighted by atomic mass is 16.5. The average Bonchev–Trinajstić information content (AvgIpc) is 2.82. The van der Waals surface area contributed by atoms with Crippen molar-refractivity contribution in [2.75, 3.05) is 20.8 Å². The Morgan fingerprint density at radius 1 is 1.21 bits per heavy atom. The molecule has 0 aliphatic heterocycles. The van der Waals surface area contributed by atoms with Crippen molar-refractivity contribution in [3.05, 3.63) is 23.9 Å². The van der Waals surface area contributed by atoms with Crippen LogP contribution in [0.3, 0.4) is 0 Å². The molecule has 0 radical (unpaired) electrons. The number of H-pyrrole nitrogens is 1. The fourth-order valence-electron chi connectivity index (χ4n) is 2.56. The topological polar surface area (TPSA) is 60.3 Å². The molecule has 1 heterocycles. The average molecular weight is 262 g/mol. The highest BCUT2D eigenvalue weighted by Gasteiger charge is 2.20. The summed E-state index contributed by atoms with van der Waals surface area (Å²) < 4.78 is 10.8. The highest BCUT2D eigenvalue weighted by Crippen LogP contribution is 2.38. The number of hydrogen-bond donors (Lipinski definition) is 2. The molecule has 1 aromatic carbocycles. The van der Waals surface area contributed by atoms with Crippen LogP contribution in [-0.2, 0) is 0 Å². The SMILES string of the molecule is COc1cc(OC)c2c(C(CN)C(C)C)c[nH]c2c1. The van der Waals surface area contributed by atoms with Gasteiger partial charge < -0.3 is 20.2 Å². The van der Waals surface area contributed by atoms with Crippen molar-refractivity contribution in [2.24, 2.45) is 11.7 Å². The fourth-order valence-corrected chi connectivity index (χ4v) is 2.56. The summed E-state index contributed by atoms with van der Waals surface area (Å²) in [6, 6.07) is 3.89. The van der Waals surface area contributed by atoms with E-state index >= 15 is 0 Å². The third-order valence-corrected chi connectivity index (χ3v) is 3.66. The third kappa shape index (κ3) is 2.40. The van der Waals surface area contributed by atoms with Gasteiger partial charge in [-0.1, -0.05) is 13.8 Å². The van der Waals surface area contributed by atoms with Gasteiger partial charge in [-0.15, -0.1) is 0 Å². The van der Waals surface area contributed by atoms with E-state index in [0.29, 0.717) is 18.4 Å². The summed E-state index contributed by atoms with van der Waals surface area (Å²) in [7, 11) is 3.33. The Balaban J connectivity index is 2.64. The van der Waals surface area contributed by atoms with Crippen molar-refractivity contribution < 1.29 is 9.47 Å². The summed E-state index contributed by atoms with van der Waals surface area (Å²) in [6.07, 6.45) is 2.03. The lowest BCUT2D eigenvalue weighted by Crippen LogP contribution is -2.17. The van der Waals surface area contributed by atoms with Crippen molar-refractivity contribution in [1.82, 2.24) is 4.98 Å². The maximum atomic E-state index is 5.92. The first kappa shape index (κ1) is 13.7. The van der Waals surface area contributed by atoms with E-state index in [4.69, 9.17) is 15.2 Å². The summed E-state index contributed by atoms with van der Waals surface area (Å²) in [5.74, 6) is 2.41. The highest BCUT2D eigenvalue weighted by molar-refractivity contribution is 5.91. The lowest BCUT2D eigenvalue weighted by Gasteiger charge is -2.19. The van der Waals surface area contributed by atoms with E-state index in [1.54, 1.807) is 14.2 Å². The Morgan fingerprint density at radius 2 is 1.95 bits per heavy atom. The molecule has 0 aliphatic carbocycles. The normalized spacial score (nSPS) is 12.9. The van der Waals surface area contributed by atoms with Gasteiger partial charge >= 0.3 is 0 Å². The zero-order valence-corrected chi connectivity index (χ0v) is 12.0. The quantitative estimate of drug-likeness (QED) is 0.871. The molecule has 0 saturated heterocycles. The van der Waals surface area contributed by atoms with Gasteiger partial charge in [-0.05, 0) is 18.0 Å². The summed E-state index contributed by atoms with van der Waals surface area (Å²) in [5.41, 5.74) is 8.16. The molecule has 0 saturated carbocycles. The maximum Gasteiger partial charge on any atom is 0.132 e. The number of nitrogens with one attached hydrogen (secondary N) is 1. The predicted octanol–water partition coefficient (Wildman–Crippen LogP) is 2.88. The smallest absolute Gasteiger partial charge is 0.132 e. The first-order chi connectivity index (χ1) is 9.12. The molecule has 0 spiro atoms. The minimum Gasteiger partial charge on any atom is -0.497 e. The Labute approximate surface area is 113 Å². The molecule has 19 heavy (non-hydrogen) atoms. The molecule has 4 nitrogen and oxygen atoms in total. The minimum absolute atomic E-state index is 0.316. The van der Waals surface area contributed by atoms with Crippen LogP contribution in [-0.4, -0.2) is 25.7 Å². The number of rotatable bonds is 5. The van der Waals surface area contributed by atoms with Gasteiger partial charge in [-0.2, -0.15) is 0 Å². The maximum absolute atomic E-state index is 5.92. The molecule has 4 heteroatoms. The Hall–Kier alpha value is -1.68. The Morgan fingerprint density at radius 3 is 2.47 bits per heavy atom. The molecule has 0 aliphatic rings. The number of fused-ring (bicyclic) bond motifs is 1. The number of methoxy groups -OCH3 is 2. The van der Waals surface area contributed by atoms with Crippen molar-refractivity contribution >= 4 is 10.9 Å². The molecular formula is C15H22N2O2. The summed E-state index contributed by atoms with van der Waals surface area (Å²) >= 11 is 0. The van der Waals surface area contributed by atoms with Crippen LogP contribution in [0.4, 0.5) is 0 Å². The van der Waals surface area contributed by atoms with E-state index in [-0.39, 0.29) is 0 Å². The van der Waals surface area contributed by atoms with Crippen LogP contribution >= 0.6 is 0 Å². The second-order valence-electron chi connectivity index (χ2n) is 5.08. The van der Waals surface area contributed by atoms with Crippen LogP contribution in [0.5, 0.6) is 11.5 Å². The van der Waals surface area contributed by atoms with Crippen molar-refractivity contribution in [1.29, 1.82) is 0 Å². The number of benzene rings is 1. The van der Waals surface area contributed by atoms with Gasteiger partial charge in [0, 0.05) is 29.6 Å². The van der Waals surface area contributed by atoms with Crippen LogP contribution in [0, 0.1) is 5.92 Å². The molecule has 2 rings (SSSR count). The number of ether oxygens (including phenoxy) is 2. The molecular weight excluding hydrogens is 240 g/mol. The summed E-state index contributed by atoms with van der Waals surface area (Å²) in [6.45, 7) is 5.00. The van der Waals surface area contributed by atoms with Gasteiger partial charge in [0.1, 0.15) is 11.5 Å². The standard InChI is InChI=1S/C15H22N2O2/c1-9(2)11(7-16)12-8-17-13-5-10(18-3)6-14(19-4)15(12)13/h5-6,8-9,11,17H,7,16H2,1-4H3. The number of aromatic nitrogens is 1. The lowest BCUT2D eigenvalue weighted by molar-refractivity contribution is 0.397. The van der Waals surface area contributed by atoms with Gasteiger partial charge in [0.15, 0.2) is 0 Å². The molecule has 3 N–H and O–H groups in total. The Kier molecular flexibility index (Phi) is 4.00. The van der Waals surface area contributed by atoms with Gasteiger partial charge in [-0.3, -0.25) is 0 Å². The molecule has 1 aromatic heterocycles. The monoisotopic (exact) mass is 262 g/mol. The van der Waals surface area contributed by atoms with Crippen molar-refractivity contribution in [2.45, 2.75) is 19.8 Å². The zero-order chi connectivity index (χ0) is 14.0. The molecule has 2 aromatic rings. The van der Waals surface area contributed by atoms with Crippen LogP contribution < -0.4 is 15.2 Å². The minimum atomic E-state index is 0.316. The van der Waals surface area contributed by atoms with Gasteiger partial charge in [-0.25, -0.2) is 0 Å². The van der Waals surface area contributed by atoms with Crippen LogP contribution in [0.2, 0.25) is 0 Å². The van der Waals surface area contributed by atoms with E-state index in [0.717, 1.165) is 22.4 Å². The van der Waals surface area contributed by atoms with E-state index in [2.05, 4.69) is 18.8 Å². The van der Waals surface area contributed by atoms with E-state index in [9.17, 15) is 0 Å². The predicted molar refractivity (Wildman–Crippen MR) is 78.0 cm³/mol.